The molecule has 0 saturated heterocycles. The number of fused-ring (bicyclic) bond motifs is 1. The Balaban J connectivity index is 2.02. The van der Waals surface area contributed by atoms with Gasteiger partial charge in [-0.2, -0.15) is 0 Å². The molecule has 0 bridgehead atoms. The number of nitrogens with one attached hydrogen (secondary N) is 1. The number of aromatic hydroxyl groups is 1. The molecule has 112 valence electrons. The molecule has 3 rings (SSSR count). The van der Waals surface area contributed by atoms with Crippen molar-refractivity contribution in [2.45, 2.75) is 4.90 Å². The first-order chi connectivity index (χ1) is 10.5. The molecule has 0 aromatic heterocycles. The molecule has 0 aliphatic heterocycles. The van der Waals surface area contributed by atoms with Gasteiger partial charge in [-0.05, 0) is 35.0 Å². The van der Waals surface area contributed by atoms with Gasteiger partial charge in [0.2, 0.25) is 0 Å². The molecule has 4 nitrogen and oxygen atoms in total. The van der Waals surface area contributed by atoms with Crippen molar-refractivity contribution < 1.29 is 17.9 Å². The van der Waals surface area contributed by atoms with Gasteiger partial charge in [0, 0.05) is 0 Å². The van der Waals surface area contributed by atoms with Crippen molar-refractivity contribution in [2.24, 2.45) is 0 Å². The van der Waals surface area contributed by atoms with Crippen molar-refractivity contribution in [1.82, 2.24) is 0 Å². The van der Waals surface area contributed by atoms with E-state index in [1.807, 2.05) is 18.2 Å². The largest absolute Gasteiger partial charge is 0.503 e. The quantitative estimate of drug-likeness (QED) is 0.727. The van der Waals surface area contributed by atoms with Gasteiger partial charge < -0.3 is 5.11 Å². The first kappa shape index (κ1) is 14.3. The predicted molar refractivity (Wildman–Crippen MR) is 82.8 cm³/mol. The van der Waals surface area contributed by atoms with E-state index in [1.54, 1.807) is 12.1 Å². The van der Waals surface area contributed by atoms with Gasteiger partial charge in [0.1, 0.15) is 0 Å². The number of sulfonamides is 1. The third kappa shape index (κ3) is 2.60. The van der Waals surface area contributed by atoms with Crippen LogP contribution in [0.15, 0.2) is 65.6 Å². The van der Waals surface area contributed by atoms with Crippen LogP contribution in [0.25, 0.3) is 10.8 Å². The standard InChI is InChI=1S/C16H12FNO3S/c17-14-6-3-7-15(16(14)19)18-22(20,21)13-9-8-11-4-1-2-5-12(11)10-13/h1-10,18-19H. The van der Waals surface area contributed by atoms with Crippen molar-refractivity contribution in [3.05, 3.63) is 66.5 Å². The molecule has 0 amide bonds. The number of rotatable bonds is 3. The highest BCUT2D eigenvalue weighted by molar-refractivity contribution is 7.92. The Morgan fingerprint density at radius 2 is 1.64 bits per heavy atom. The van der Waals surface area contributed by atoms with Gasteiger partial charge in [0.05, 0.1) is 10.6 Å². The number of phenolic OH excluding ortho intramolecular Hbond substituents is 1. The summed E-state index contributed by atoms with van der Waals surface area (Å²) in [6, 6.07) is 15.7. The summed E-state index contributed by atoms with van der Waals surface area (Å²) in [4.78, 5) is 0.0369. The molecule has 0 unspecified atom stereocenters. The number of phenols is 1. The van der Waals surface area contributed by atoms with Crippen molar-refractivity contribution >= 4 is 26.5 Å². The lowest BCUT2D eigenvalue weighted by atomic mass is 10.1. The summed E-state index contributed by atoms with van der Waals surface area (Å²) in [6.07, 6.45) is 0. The van der Waals surface area contributed by atoms with Crippen LogP contribution >= 0.6 is 0 Å². The second kappa shape index (κ2) is 5.31. The van der Waals surface area contributed by atoms with E-state index in [0.717, 1.165) is 16.8 Å². The smallest absolute Gasteiger partial charge is 0.262 e. The van der Waals surface area contributed by atoms with E-state index in [4.69, 9.17) is 0 Å². The van der Waals surface area contributed by atoms with Gasteiger partial charge >= 0.3 is 0 Å². The summed E-state index contributed by atoms with van der Waals surface area (Å²) in [5.74, 6) is -1.62. The second-order valence-corrected chi connectivity index (χ2v) is 6.43. The van der Waals surface area contributed by atoms with E-state index in [-0.39, 0.29) is 10.6 Å². The molecule has 0 atom stereocenters. The molecule has 0 radical (unpaired) electrons. The minimum Gasteiger partial charge on any atom is -0.503 e. The molecule has 0 aliphatic rings. The zero-order valence-corrected chi connectivity index (χ0v) is 12.1. The van der Waals surface area contributed by atoms with Crippen LogP contribution in [0.4, 0.5) is 10.1 Å². The SMILES string of the molecule is O=S(=O)(Nc1cccc(F)c1O)c1ccc2ccccc2c1. The number of hydrogen-bond acceptors (Lipinski definition) is 3. The Hall–Kier alpha value is -2.60. The van der Waals surface area contributed by atoms with Crippen LogP contribution in [-0.4, -0.2) is 13.5 Å². The summed E-state index contributed by atoms with van der Waals surface area (Å²) in [5, 5.41) is 11.3. The summed E-state index contributed by atoms with van der Waals surface area (Å²) < 4.78 is 40.2. The summed E-state index contributed by atoms with van der Waals surface area (Å²) in [7, 11) is -3.92. The topological polar surface area (TPSA) is 66.4 Å². The minimum absolute atomic E-state index is 0.0369. The van der Waals surface area contributed by atoms with Gasteiger partial charge in [-0.3, -0.25) is 4.72 Å². The van der Waals surface area contributed by atoms with E-state index in [2.05, 4.69) is 4.72 Å². The van der Waals surface area contributed by atoms with Gasteiger partial charge in [-0.1, -0.05) is 36.4 Å². The Bertz CT molecular complexity index is 955. The maximum absolute atomic E-state index is 13.3. The molecule has 0 spiro atoms. The molecule has 0 saturated carbocycles. The molecule has 22 heavy (non-hydrogen) atoms. The zero-order valence-electron chi connectivity index (χ0n) is 11.3. The molecule has 3 aromatic rings. The van der Waals surface area contributed by atoms with Gasteiger partial charge in [-0.15, -0.1) is 0 Å². The average Bonchev–Trinajstić information content (AvgIpc) is 2.51. The van der Waals surface area contributed by atoms with Gasteiger partial charge in [0.25, 0.3) is 10.0 Å². The van der Waals surface area contributed by atoms with E-state index in [0.29, 0.717) is 0 Å². The number of anilines is 1. The highest BCUT2D eigenvalue weighted by atomic mass is 32.2. The van der Waals surface area contributed by atoms with Crippen molar-refractivity contribution in [3.63, 3.8) is 0 Å². The molecule has 2 N–H and O–H groups in total. The van der Waals surface area contributed by atoms with Gasteiger partial charge in [-0.25, -0.2) is 12.8 Å². The predicted octanol–water partition coefficient (Wildman–Crippen LogP) is 3.49. The minimum atomic E-state index is -3.92. The molecule has 3 aromatic carbocycles. The number of halogens is 1. The third-order valence-electron chi connectivity index (χ3n) is 3.26. The van der Waals surface area contributed by atoms with Gasteiger partial charge in [0.15, 0.2) is 11.6 Å². The summed E-state index contributed by atoms with van der Waals surface area (Å²) in [6.45, 7) is 0. The summed E-state index contributed by atoms with van der Waals surface area (Å²) in [5.41, 5.74) is -0.201. The molecular weight excluding hydrogens is 305 g/mol. The zero-order chi connectivity index (χ0) is 15.7. The maximum atomic E-state index is 13.3. The fourth-order valence-electron chi connectivity index (χ4n) is 2.14. The van der Waals surface area contributed by atoms with E-state index in [9.17, 15) is 17.9 Å². The van der Waals surface area contributed by atoms with Crippen molar-refractivity contribution in [3.8, 4) is 5.75 Å². The average molecular weight is 317 g/mol. The van der Waals surface area contributed by atoms with Crippen LogP contribution in [0.2, 0.25) is 0 Å². The van der Waals surface area contributed by atoms with Crippen LogP contribution in [0.1, 0.15) is 0 Å². The third-order valence-corrected chi connectivity index (χ3v) is 4.63. The van der Waals surface area contributed by atoms with Crippen molar-refractivity contribution in [1.29, 1.82) is 0 Å². The summed E-state index contributed by atoms with van der Waals surface area (Å²) >= 11 is 0. The van der Waals surface area contributed by atoms with E-state index >= 15 is 0 Å². The lowest BCUT2D eigenvalue weighted by Gasteiger charge is -2.10. The normalized spacial score (nSPS) is 11.5. The molecule has 0 aliphatic carbocycles. The molecule has 0 fully saturated rings. The highest BCUT2D eigenvalue weighted by Crippen LogP contribution is 2.28. The lowest BCUT2D eigenvalue weighted by molar-refractivity contribution is 0.435. The van der Waals surface area contributed by atoms with E-state index < -0.39 is 21.6 Å². The van der Waals surface area contributed by atoms with Crippen LogP contribution < -0.4 is 4.72 Å². The van der Waals surface area contributed by atoms with E-state index in [1.165, 1.54) is 24.3 Å². The highest BCUT2D eigenvalue weighted by Gasteiger charge is 2.17. The second-order valence-electron chi connectivity index (χ2n) is 4.75. The number of hydrogen-bond donors (Lipinski definition) is 2. The molecule has 6 heteroatoms. The van der Waals surface area contributed by atoms with Crippen LogP contribution in [0.3, 0.4) is 0 Å². The molecule has 0 heterocycles. The Morgan fingerprint density at radius 1 is 0.909 bits per heavy atom. The van der Waals surface area contributed by atoms with Crippen LogP contribution in [0, 0.1) is 5.82 Å². The number of benzene rings is 3. The fraction of sp³-hybridized carbons (Fsp3) is 0. The Morgan fingerprint density at radius 3 is 2.41 bits per heavy atom. The Labute approximate surface area is 126 Å². The van der Waals surface area contributed by atoms with Crippen LogP contribution in [-0.2, 0) is 10.0 Å². The monoisotopic (exact) mass is 317 g/mol. The first-order valence-corrected chi connectivity index (χ1v) is 7.95. The fourth-order valence-corrected chi connectivity index (χ4v) is 3.24. The molecular formula is C16H12FNO3S. The van der Waals surface area contributed by atoms with Crippen LogP contribution in [0.5, 0.6) is 5.75 Å². The number of para-hydroxylation sites is 1. The van der Waals surface area contributed by atoms with Crippen molar-refractivity contribution in [2.75, 3.05) is 4.72 Å². The lowest BCUT2D eigenvalue weighted by Crippen LogP contribution is -2.13. The first-order valence-electron chi connectivity index (χ1n) is 6.46. The maximum Gasteiger partial charge on any atom is 0.262 e. The Kier molecular flexibility index (Phi) is 3.46.